The van der Waals surface area contributed by atoms with Gasteiger partial charge in [0.25, 0.3) is 0 Å². The molecule has 3 rings (SSSR count). The van der Waals surface area contributed by atoms with Crippen LogP contribution in [0.1, 0.15) is 21.5 Å². The molecule has 0 bridgehead atoms. The molecule has 0 aliphatic heterocycles. The van der Waals surface area contributed by atoms with E-state index < -0.39 is 5.97 Å². The Morgan fingerprint density at radius 3 is 2.33 bits per heavy atom. The van der Waals surface area contributed by atoms with Crippen LogP contribution < -0.4 is 19.6 Å². The number of hydrogen-bond acceptors (Lipinski definition) is 6. The van der Waals surface area contributed by atoms with E-state index in [1.807, 2.05) is 0 Å². The zero-order valence-corrected chi connectivity index (χ0v) is 19.3. The van der Waals surface area contributed by atoms with E-state index in [0.717, 1.165) is 5.56 Å². The Labute approximate surface area is 200 Å². The number of nitrogens with one attached hydrogen (secondary N) is 1. The highest BCUT2D eigenvalue weighted by Gasteiger charge is 2.13. The molecular weight excluding hydrogens is 467 g/mol. The monoisotopic (exact) mass is 486 g/mol. The van der Waals surface area contributed by atoms with E-state index in [1.165, 1.54) is 25.5 Å². The molecule has 3 aromatic carbocycles. The van der Waals surface area contributed by atoms with E-state index in [1.54, 1.807) is 55.6 Å². The standard InChI is InChI=1S/C24H20Cl2N2O5/c1-31-21-10-5-16(11-22(21)32-2)12-23(29)28-27-14-15-3-7-18(8-4-15)33-24(30)19-9-6-17(25)13-20(19)26/h3-11,13-14H,12H2,1-2H3,(H,28,29)/b27-14-. The van der Waals surface area contributed by atoms with Crippen LogP contribution in [0, 0.1) is 0 Å². The number of nitrogens with zero attached hydrogens (tertiary/aromatic N) is 1. The van der Waals surface area contributed by atoms with Crippen LogP contribution in [0.4, 0.5) is 0 Å². The average Bonchev–Trinajstić information content (AvgIpc) is 2.80. The molecule has 9 heteroatoms. The molecule has 0 atom stereocenters. The topological polar surface area (TPSA) is 86.2 Å². The van der Waals surface area contributed by atoms with Gasteiger partial charge in [-0.2, -0.15) is 5.10 Å². The van der Waals surface area contributed by atoms with Gasteiger partial charge in [-0.1, -0.05) is 29.3 Å². The summed E-state index contributed by atoms with van der Waals surface area (Å²) in [6, 6.07) is 16.4. The highest BCUT2D eigenvalue weighted by Crippen LogP contribution is 2.27. The second-order valence-electron chi connectivity index (χ2n) is 6.74. The van der Waals surface area contributed by atoms with Crippen molar-refractivity contribution in [3.05, 3.63) is 87.4 Å². The number of hydrazone groups is 1. The zero-order valence-electron chi connectivity index (χ0n) is 17.8. The lowest BCUT2D eigenvalue weighted by Crippen LogP contribution is -2.19. The first-order valence-electron chi connectivity index (χ1n) is 9.69. The van der Waals surface area contributed by atoms with Crippen LogP contribution in [-0.4, -0.2) is 32.3 Å². The van der Waals surface area contributed by atoms with Crippen LogP contribution in [0.15, 0.2) is 65.8 Å². The Morgan fingerprint density at radius 1 is 0.939 bits per heavy atom. The second kappa shape index (κ2) is 11.4. The molecule has 0 saturated carbocycles. The highest BCUT2D eigenvalue weighted by molar-refractivity contribution is 6.36. The molecule has 3 aromatic rings. The zero-order chi connectivity index (χ0) is 23.8. The smallest absolute Gasteiger partial charge is 0.345 e. The molecule has 0 aromatic heterocycles. The molecule has 0 heterocycles. The van der Waals surface area contributed by atoms with Gasteiger partial charge in [0.1, 0.15) is 5.75 Å². The van der Waals surface area contributed by atoms with Crippen LogP contribution >= 0.6 is 23.2 Å². The number of hydrogen-bond donors (Lipinski definition) is 1. The third-order valence-electron chi connectivity index (χ3n) is 4.46. The number of methoxy groups -OCH3 is 2. The van der Waals surface area contributed by atoms with Gasteiger partial charge in [-0.25, -0.2) is 10.2 Å². The van der Waals surface area contributed by atoms with E-state index in [-0.39, 0.29) is 22.9 Å². The van der Waals surface area contributed by atoms with E-state index in [9.17, 15) is 9.59 Å². The maximum absolute atomic E-state index is 12.3. The van der Waals surface area contributed by atoms with Gasteiger partial charge in [-0.05, 0) is 65.7 Å². The van der Waals surface area contributed by atoms with Crippen LogP contribution in [0.25, 0.3) is 0 Å². The van der Waals surface area contributed by atoms with Crippen LogP contribution in [0.3, 0.4) is 0 Å². The summed E-state index contributed by atoms with van der Waals surface area (Å²) >= 11 is 11.9. The quantitative estimate of drug-likeness (QED) is 0.211. The van der Waals surface area contributed by atoms with Crippen molar-refractivity contribution in [1.29, 1.82) is 0 Å². The van der Waals surface area contributed by atoms with Crippen LogP contribution in [-0.2, 0) is 11.2 Å². The molecule has 1 N–H and O–H groups in total. The number of benzene rings is 3. The van der Waals surface area contributed by atoms with E-state index >= 15 is 0 Å². The van der Waals surface area contributed by atoms with Crippen LogP contribution in [0.2, 0.25) is 10.0 Å². The van der Waals surface area contributed by atoms with Gasteiger partial charge in [-0.3, -0.25) is 4.79 Å². The molecule has 1 amide bonds. The van der Waals surface area contributed by atoms with Gasteiger partial charge in [-0.15, -0.1) is 0 Å². The van der Waals surface area contributed by atoms with Crippen LogP contribution in [0.5, 0.6) is 17.2 Å². The molecule has 0 spiro atoms. The molecule has 170 valence electrons. The minimum Gasteiger partial charge on any atom is -0.493 e. The number of amides is 1. The number of esters is 1. The Morgan fingerprint density at radius 2 is 1.67 bits per heavy atom. The number of carbonyl (C=O) groups excluding carboxylic acids is 2. The molecule has 0 radical (unpaired) electrons. The minimum absolute atomic E-state index is 0.125. The van der Waals surface area contributed by atoms with Gasteiger partial charge in [0, 0.05) is 5.02 Å². The largest absolute Gasteiger partial charge is 0.493 e. The summed E-state index contributed by atoms with van der Waals surface area (Å²) < 4.78 is 15.7. The fourth-order valence-electron chi connectivity index (χ4n) is 2.83. The fraction of sp³-hybridized carbons (Fsp3) is 0.125. The molecule has 0 fully saturated rings. The van der Waals surface area contributed by atoms with Gasteiger partial charge in [0.15, 0.2) is 11.5 Å². The van der Waals surface area contributed by atoms with Gasteiger partial charge in [0.2, 0.25) is 5.91 Å². The maximum atomic E-state index is 12.3. The summed E-state index contributed by atoms with van der Waals surface area (Å²) in [5.74, 6) is 0.584. The maximum Gasteiger partial charge on any atom is 0.345 e. The van der Waals surface area contributed by atoms with Crippen molar-refractivity contribution >= 4 is 41.3 Å². The van der Waals surface area contributed by atoms with E-state index in [4.69, 9.17) is 37.4 Å². The summed E-state index contributed by atoms with van der Waals surface area (Å²) in [6.07, 6.45) is 1.61. The number of carbonyl (C=O) groups is 2. The molecule has 7 nitrogen and oxygen atoms in total. The predicted octanol–water partition coefficient (Wildman–Crippen LogP) is 4.92. The Hall–Kier alpha value is -3.55. The van der Waals surface area contributed by atoms with Crippen molar-refractivity contribution in [2.24, 2.45) is 5.10 Å². The second-order valence-corrected chi connectivity index (χ2v) is 7.59. The van der Waals surface area contributed by atoms with Crippen molar-refractivity contribution in [3.63, 3.8) is 0 Å². The lowest BCUT2D eigenvalue weighted by molar-refractivity contribution is -0.120. The lowest BCUT2D eigenvalue weighted by atomic mass is 10.1. The number of rotatable bonds is 8. The number of halogens is 2. The SMILES string of the molecule is COc1ccc(CC(=O)N/N=C\c2ccc(OC(=O)c3ccc(Cl)cc3Cl)cc2)cc1OC. The average molecular weight is 487 g/mol. The van der Waals surface area contributed by atoms with Gasteiger partial charge < -0.3 is 14.2 Å². The summed E-state index contributed by atoms with van der Waals surface area (Å²) in [6.45, 7) is 0. The summed E-state index contributed by atoms with van der Waals surface area (Å²) in [4.78, 5) is 24.4. The van der Waals surface area contributed by atoms with Crippen molar-refractivity contribution in [1.82, 2.24) is 5.43 Å². The fourth-order valence-corrected chi connectivity index (χ4v) is 3.32. The first kappa shape index (κ1) is 24.1. The van der Waals surface area contributed by atoms with E-state index in [0.29, 0.717) is 27.8 Å². The molecule has 0 unspecified atom stereocenters. The van der Waals surface area contributed by atoms with Crippen molar-refractivity contribution < 1.29 is 23.8 Å². The number of ether oxygens (including phenoxy) is 3. The minimum atomic E-state index is -0.597. The lowest BCUT2D eigenvalue weighted by Gasteiger charge is -2.09. The van der Waals surface area contributed by atoms with E-state index in [2.05, 4.69) is 10.5 Å². The summed E-state index contributed by atoms with van der Waals surface area (Å²) in [5.41, 5.74) is 4.14. The Balaban J connectivity index is 1.53. The first-order valence-corrected chi connectivity index (χ1v) is 10.5. The molecular formula is C24H20Cl2N2O5. The molecule has 0 aliphatic rings. The predicted molar refractivity (Wildman–Crippen MR) is 127 cm³/mol. The molecule has 33 heavy (non-hydrogen) atoms. The summed E-state index contributed by atoms with van der Waals surface area (Å²) in [5, 5.41) is 4.59. The van der Waals surface area contributed by atoms with Crippen molar-refractivity contribution in [2.75, 3.05) is 14.2 Å². The summed E-state index contributed by atoms with van der Waals surface area (Å²) in [7, 11) is 3.08. The van der Waals surface area contributed by atoms with Crippen molar-refractivity contribution in [2.45, 2.75) is 6.42 Å². The Kier molecular flexibility index (Phi) is 8.29. The van der Waals surface area contributed by atoms with Crippen molar-refractivity contribution in [3.8, 4) is 17.2 Å². The Bertz CT molecular complexity index is 1180. The third-order valence-corrected chi connectivity index (χ3v) is 5.01. The van der Waals surface area contributed by atoms with Gasteiger partial charge >= 0.3 is 5.97 Å². The molecule has 0 saturated heterocycles. The normalized spacial score (nSPS) is 10.7. The van der Waals surface area contributed by atoms with Gasteiger partial charge in [0.05, 0.1) is 37.4 Å². The third kappa shape index (κ3) is 6.71. The first-order chi connectivity index (χ1) is 15.9. The molecule has 0 aliphatic carbocycles. The highest BCUT2D eigenvalue weighted by atomic mass is 35.5.